The van der Waals surface area contributed by atoms with Crippen molar-refractivity contribution in [3.05, 3.63) is 0 Å². The third-order valence-corrected chi connectivity index (χ3v) is 2.09. The van der Waals surface area contributed by atoms with Crippen LogP contribution in [0, 0.1) is 0 Å². The fraction of sp³-hybridized carbons (Fsp3) is 1.00. The summed E-state index contributed by atoms with van der Waals surface area (Å²) < 4.78 is 5.00. The largest absolute Gasteiger partial charge is 0.364 e. The number of hydrogen-bond acceptors (Lipinski definition) is 2. The predicted molar refractivity (Wildman–Crippen MR) is 35.1 cm³/mol. The van der Waals surface area contributed by atoms with E-state index < -0.39 is 0 Å². The van der Waals surface area contributed by atoms with E-state index in [4.69, 9.17) is 4.74 Å². The molecule has 47 valence electrons. The smallest absolute Gasteiger partial charge is 0.131 e. The highest BCUT2D eigenvalue weighted by Gasteiger charge is 2.11. The highest BCUT2D eigenvalue weighted by atomic mass is 32.2. The van der Waals surface area contributed by atoms with Gasteiger partial charge in [0.1, 0.15) is 6.23 Å². The highest BCUT2D eigenvalue weighted by molar-refractivity contribution is 7.99. The molecule has 1 fully saturated rings. The molecule has 0 amide bonds. The predicted octanol–water partition coefficient (Wildman–Crippen LogP) is 0.310. The maximum Gasteiger partial charge on any atom is 0.131 e. The molecule has 0 bridgehead atoms. The summed E-state index contributed by atoms with van der Waals surface area (Å²) in [6.07, 6.45) is 0.175. The van der Waals surface area contributed by atoms with Crippen LogP contribution in [-0.2, 0) is 4.74 Å². The lowest BCUT2D eigenvalue weighted by Crippen LogP contribution is -2.32. The van der Waals surface area contributed by atoms with Crippen LogP contribution in [0.25, 0.3) is 0 Å². The minimum absolute atomic E-state index is 0.175. The Hall–Kier alpha value is 0.270. The quantitative estimate of drug-likeness (QED) is 0.512. The van der Waals surface area contributed by atoms with Gasteiger partial charge in [-0.1, -0.05) is 0 Å². The van der Waals surface area contributed by atoms with Crippen LogP contribution in [0.15, 0.2) is 0 Å². The summed E-state index contributed by atoms with van der Waals surface area (Å²) in [6, 6.07) is 0. The van der Waals surface area contributed by atoms with Gasteiger partial charge < -0.3 is 4.74 Å². The van der Waals surface area contributed by atoms with Crippen LogP contribution in [0.3, 0.4) is 0 Å². The van der Waals surface area contributed by atoms with Gasteiger partial charge in [-0.3, -0.25) is 0 Å². The molecule has 0 spiro atoms. The monoisotopic (exact) mass is 132 g/mol. The lowest BCUT2D eigenvalue weighted by molar-refractivity contribution is 0.0897. The Balaban J connectivity index is 2.13. The van der Waals surface area contributed by atoms with Crippen molar-refractivity contribution in [1.29, 1.82) is 0 Å². The Labute approximate surface area is 54.0 Å². The molecule has 1 rings (SSSR count). The molecule has 0 saturated carbocycles. The van der Waals surface area contributed by atoms with Gasteiger partial charge in [0, 0.05) is 25.2 Å². The maximum atomic E-state index is 5.00. The third-order valence-electron chi connectivity index (χ3n) is 1.10. The third kappa shape index (κ3) is 1.65. The molecule has 1 saturated heterocycles. The molecule has 1 aliphatic heterocycles. The van der Waals surface area contributed by atoms with Crippen LogP contribution in [0.5, 0.6) is 0 Å². The van der Waals surface area contributed by atoms with Crippen molar-refractivity contribution in [2.75, 3.05) is 25.2 Å². The molecule has 0 N–H and O–H groups in total. The molecule has 1 heterocycles. The summed E-state index contributed by atoms with van der Waals surface area (Å²) in [7, 11) is 1.71. The molecule has 1 aliphatic rings. The number of hydrogen-bond donors (Lipinski definition) is 0. The summed E-state index contributed by atoms with van der Waals surface area (Å²) in [5.41, 5.74) is 0. The Kier molecular flexibility index (Phi) is 2.66. The van der Waals surface area contributed by atoms with Crippen molar-refractivity contribution >= 4 is 11.8 Å². The first-order valence-electron chi connectivity index (χ1n) is 2.70. The molecule has 0 aromatic heterocycles. The van der Waals surface area contributed by atoms with Gasteiger partial charge in [0.05, 0.1) is 0 Å². The maximum absolute atomic E-state index is 5.00. The molecular weight excluding hydrogens is 122 g/mol. The van der Waals surface area contributed by atoms with E-state index in [0.717, 1.165) is 12.3 Å². The Morgan fingerprint density at radius 3 is 3.00 bits per heavy atom. The fourth-order valence-electron chi connectivity index (χ4n) is 0.641. The van der Waals surface area contributed by atoms with Crippen molar-refractivity contribution in [2.45, 2.75) is 6.23 Å². The van der Waals surface area contributed by atoms with Crippen molar-refractivity contribution in [2.24, 2.45) is 0 Å². The molecule has 0 aromatic carbocycles. The molecule has 1 unspecified atom stereocenters. The van der Waals surface area contributed by atoms with Crippen LogP contribution in [0.2, 0.25) is 0 Å². The molecule has 2 nitrogen and oxygen atoms in total. The number of nitrogens with zero attached hydrogens (tertiary/aromatic N) is 1. The molecular formula is C5H10NOS. The fourth-order valence-corrected chi connectivity index (χ4v) is 1.48. The van der Waals surface area contributed by atoms with Gasteiger partial charge >= 0.3 is 0 Å². The zero-order chi connectivity index (χ0) is 5.82. The van der Waals surface area contributed by atoms with Gasteiger partial charge in [-0.25, -0.2) is 5.32 Å². The minimum atomic E-state index is 0.175. The van der Waals surface area contributed by atoms with Crippen LogP contribution >= 0.6 is 11.8 Å². The Morgan fingerprint density at radius 2 is 2.62 bits per heavy atom. The van der Waals surface area contributed by atoms with Crippen LogP contribution in [0.4, 0.5) is 0 Å². The first-order chi connectivity index (χ1) is 3.93. The zero-order valence-electron chi connectivity index (χ0n) is 4.96. The molecule has 8 heavy (non-hydrogen) atoms. The normalized spacial score (nSPS) is 30.4. The lowest BCUT2D eigenvalue weighted by atomic mass is 10.6. The summed E-state index contributed by atoms with van der Waals surface area (Å²) in [4.78, 5) is 0. The second kappa shape index (κ2) is 3.33. The van der Waals surface area contributed by atoms with Gasteiger partial charge in [-0.15, -0.1) is 0 Å². The topological polar surface area (TPSA) is 23.3 Å². The van der Waals surface area contributed by atoms with Gasteiger partial charge in [-0.05, 0) is 0 Å². The van der Waals surface area contributed by atoms with E-state index in [2.05, 4.69) is 5.32 Å². The second-order valence-electron chi connectivity index (χ2n) is 1.67. The number of rotatable bonds is 1. The molecule has 0 aromatic rings. The summed E-state index contributed by atoms with van der Waals surface area (Å²) >= 11 is 1.91. The van der Waals surface area contributed by atoms with Gasteiger partial charge in [-0.2, -0.15) is 11.8 Å². The Morgan fingerprint density at radius 1 is 1.75 bits per heavy atom. The highest BCUT2D eigenvalue weighted by Crippen LogP contribution is 2.08. The van der Waals surface area contributed by atoms with Gasteiger partial charge in [0.2, 0.25) is 0 Å². The first-order valence-corrected chi connectivity index (χ1v) is 3.86. The lowest BCUT2D eigenvalue weighted by Gasteiger charge is -2.18. The van der Waals surface area contributed by atoms with Crippen molar-refractivity contribution in [3.8, 4) is 0 Å². The van der Waals surface area contributed by atoms with E-state index in [1.165, 1.54) is 5.75 Å². The van der Waals surface area contributed by atoms with E-state index in [1.807, 2.05) is 11.8 Å². The van der Waals surface area contributed by atoms with Crippen molar-refractivity contribution in [3.63, 3.8) is 0 Å². The number of thioether (sulfide) groups is 1. The molecule has 1 radical (unpaired) electrons. The van der Waals surface area contributed by atoms with Crippen molar-refractivity contribution < 1.29 is 4.74 Å². The van der Waals surface area contributed by atoms with E-state index in [9.17, 15) is 0 Å². The molecule has 0 aliphatic carbocycles. The van der Waals surface area contributed by atoms with E-state index in [-0.39, 0.29) is 6.23 Å². The van der Waals surface area contributed by atoms with E-state index in [0.29, 0.717) is 0 Å². The number of ether oxygens (including phenoxy) is 1. The summed E-state index contributed by atoms with van der Waals surface area (Å²) in [5.74, 6) is 2.20. The van der Waals surface area contributed by atoms with Crippen LogP contribution < -0.4 is 5.32 Å². The van der Waals surface area contributed by atoms with Crippen LogP contribution in [-0.4, -0.2) is 31.4 Å². The average molecular weight is 132 g/mol. The second-order valence-corrected chi connectivity index (χ2v) is 2.82. The van der Waals surface area contributed by atoms with E-state index in [1.54, 1.807) is 7.11 Å². The van der Waals surface area contributed by atoms with E-state index >= 15 is 0 Å². The standard InChI is InChI=1S/C5H10NOS/c1-7-5-4-8-3-2-6-5/h5H,2-4H2,1H3. The van der Waals surface area contributed by atoms with Gasteiger partial charge in [0.25, 0.3) is 0 Å². The molecule has 3 heteroatoms. The number of methoxy groups -OCH3 is 1. The zero-order valence-corrected chi connectivity index (χ0v) is 5.78. The first kappa shape index (κ1) is 6.39. The Bertz CT molecular complexity index is 63.4. The molecule has 1 atom stereocenters. The average Bonchev–Trinajstić information content (AvgIpc) is 1.90. The van der Waals surface area contributed by atoms with Gasteiger partial charge in [0.15, 0.2) is 0 Å². The SMILES string of the molecule is COC1CSCC[N]1. The minimum Gasteiger partial charge on any atom is -0.364 e. The summed E-state index contributed by atoms with van der Waals surface area (Å²) in [5, 5.41) is 4.20. The van der Waals surface area contributed by atoms with Crippen LogP contribution in [0.1, 0.15) is 0 Å². The van der Waals surface area contributed by atoms with Crippen molar-refractivity contribution in [1.82, 2.24) is 5.32 Å². The summed E-state index contributed by atoms with van der Waals surface area (Å²) in [6.45, 7) is 0.961.